The van der Waals surface area contributed by atoms with Gasteiger partial charge in [-0.05, 0) is 19.4 Å². The normalized spacial score (nSPS) is 17.9. The molecule has 0 spiro atoms. The Hall–Kier alpha value is -2.86. The molecule has 1 amide bonds. The number of carboxylic acid groups (broad SMARTS) is 1. The van der Waals surface area contributed by atoms with E-state index in [4.69, 9.17) is 32.7 Å². The first-order chi connectivity index (χ1) is 16.7. The minimum absolute atomic E-state index is 0.0822. The van der Waals surface area contributed by atoms with Crippen molar-refractivity contribution in [3.05, 3.63) is 44.5 Å². The van der Waals surface area contributed by atoms with Crippen molar-refractivity contribution in [3.63, 3.8) is 0 Å². The summed E-state index contributed by atoms with van der Waals surface area (Å²) in [5, 5.41) is 13.7. The van der Waals surface area contributed by atoms with Crippen LogP contribution in [0.5, 0.6) is 5.88 Å². The number of aryl methyl sites for hydroxylation is 1. The molecule has 1 aliphatic rings. The van der Waals surface area contributed by atoms with Gasteiger partial charge in [0.2, 0.25) is 5.88 Å². The highest BCUT2D eigenvalue weighted by atomic mass is 35.5. The molecule has 3 N–H and O–H groups in total. The van der Waals surface area contributed by atoms with E-state index in [0.717, 1.165) is 11.3 Å². The number of amides is 1. The SMILES string of the molecule is COc1cccc(-c2nc(N3CC[C@@H](NC(=O)c4[nH]c(C)c(Cl)c4Cl)[C@@H](OC)C3)sc2C(=O)O)n1. The van der Waals surface area contributed by atoms with Crippen molar-refractivity contribution in [2.24, 2.45) is 0 Å². The highest BCUT2D eigenvalue weighted by Crippen LogP contribution is 2.35. The Kier molecular flexibility index (Phi) is 7.50. The monoisotopic (exact) mass is 539 g/mol. The predicted octanol–water partition coefficient (Wildman–Crippen LogP) is 3.88. The number of carbonyl (C=O) groups is 2. The average molecular weight is 540 g/mol. The van der Waals surface area contributed by atoms with Gasteiger partial charge in [0, 0.05) is 32.0 Å². The summed E-state index contributed by atoms with van der Waals surface area (Å²) in [7, 11) is 3.05. The van der Waals surface area contributed by atoms with Gasteiger partial charge < -0.3 is 29.8 Å². The van der Waals surface area contributed by atoms with Crippen LogP contribution in [0, 0.1) is 6.92 Å². The Bertz CT molecular complexity index is 1260. The summed E-state index contributed by atoms with van der Waals surface area (Å²) in [5.74, 6) is -1.10. The number of nitrogens with zero attached hydrogens (tertiary/aromatic N) is 3. The number of ether oxygens (including phenoxy) is 2. The zero-order valence-corrected chi connectivity index (χ0v) is 21.4. The molecule has 2 atom stereocenters. The number of carbonyl (C=O) groups excluding carboxylic acids is 1. The maximum absolute atomic E-state index is 12.8. The number of aromatic carboxylic acids is 1. The summed E-state index contributed by atoms with van der Waals surface area (Å²) in [6, 6.07) is 4.80. The molecule has 0 bridgehead atoms. The number of rotatable bonds is 7. The van der Waals surface area contributed by atoms with Gasteiger partial charge in [-0.25, -0.2) is 14.8 Å². The standard InChI is InChI=1S/C22H23Cl2N5O5S/c1-10-15(23)16(24)18(25-10)20(30)27-11-7-8-29(9-13(11)33-2)22-28-17(19(35-22)21(31)32)12-5-4-6-14(26-12)34-3/h4-6,11,13,25H,7-9H2,1-3H3,(H,27,30)(H,31,32)/t11-,13+/m1/s1. The number of methoxy groups -OCH3 is 2. The number of H-pyrrole nitrogens is 1. The Morgan fingerprint density at radius 2 is 2.03 bits per heavy atom. The van der Waals surface area contributed by atoms with Crippen LogP contribution in [0.15, 0.2) is 18.2 Å². The number of hydrogen-bond donors (Lipinski definition) is 3. The van der Waals surface area contributed by atoms with Crippen molar-refractivity contribution in [1.82, 2.24) is 20.3 Å². The van der Waals surface area contributed by atoms with E-state index in [1.165, 1.54) is 7.11 Å². The van der Waals surface area contributed by atoms with Crippen molar-refractivity contribution < 1.29 is 24.2 Å². The Morgan fingerprint density at radius 3 is 2.66 bits per heavy atom. The van der Waals surface area contributed by atoms with Crippen LogP contribution in [0.1, 0.15) is 32.3 Å². The molecule has 1 saturated heterocycles. The minimum Gasteiger partial charge on any atom is -0.481 e. The lowest BCUT2D eigenvalue weighted by molar-refractivity contribution is 0.0540. The van der Waals surface area contributed by atoms with E-state index in [9.17, 15) is 14.7 Å². The Balaban J connectivity index is 1.53. The summed E-state index contributed by atoms with van der Waals surface area (Å²) in [6.07, 6.45) is 0.179. The molecule has 1 aliphatic heterocycles. The van der Waals surface area contributed by atoms with Crippen molar-refractivity contribution in [2.75, 3.05) is 32.2 Å². The minimum atomic E-state index is -1.09. The fourth-order valence-electron chi connectivity index (χ4n) is 3.89. The van der Waals surface area contributed by atoms with Crippen molar-refractivity contribution >= 4 is 51.5 Å². The van der Waals surface area contributed by atoms with Crippen LogP contribution in [0.25, 0.3) is 11.4 Å². The van der Waals surface area contributed by atoms with Gasteiger partial charge in [0.1, 0.15) is 16.3 Å². The second-order valence-electron chi connectivity index (χ2n) is 7.89. The van der Waals surface area contributed by atoms with Crippen LogP contribution in [-0.4, -0.2) is 71.4 Å². The van der Waals surface area contributed by atoms with Crippen LogP contribution in [0.2, 0.25) is 10.0 Å². The van der Waals surface area contributed by atoms with E-state index in [0.29, 0.717) is 46.9 Å². The van der Waals surface area contributed by atoms with Gasteiger partial charge in [0.15, 0.2) is 5.13 Å². The van der Waals surface area contributed by atoms with Gasteiger partial charge in [-0.15, -0.1) is 0 Å². The number of aromatic nitrogens is 3. The maximum atomic E-state index is 12.8. The molecular weight excluding hydrogens is 517 g/mol. The average Bonchev–Trinajstić information content (AvgIpc) is 3.42. The van der Waals surface area contributed by atoms with Crippen LogP contribution in [0.3, 0.4) is 0 Å². The molecule has 4 rings (SSSR count). The van der Waals surface area contributed by atoms with E-state index in [1.807, 2.05) is 4.90 Å². The zero-order valence-electron chi connectivity index (χ0n) is 19.1. The number of thiazole rings is 1. The number of anilines is 1. The molecule has 0 aliphatic carbocycles. The third kappa shape index (κ3) is 5.08. The first-order valence-corrected chi connectivity index (χ1v) is 12.2. The summed E-state index contributed by atoms with van der Waals surface area (Å²) < 4.78 is 10.8. The van der Waals surface area contributed by atoms with E-state index in [2.05, 4.69) is 20.3 Å². The molecule has 1 fully saturated rings. The lowest BCUT2D eigenvalue weighted by Gasteiger charge is -2.37. The first-order valence-electron chi connectivity index (χ1n) is 10.6. The van der Waals surface area contributed by atoms with Gasteiger partial charge in [-0.3, -0.25) is 4.79 Å². The molecule has 3 aromatic rings. The van der Waals surface area contributed by atoms with Gasteiger partial charge in [0.05, 0.1) is 35.0 Å². The fraction of sp³-hybridized carbons (Fsp3) is 0.364. The smallest absolute Gasteiger partial charge is 0.348 e. The van der Waals surface area contributed by atoms with Crippen LogP contribution in [-0.2, 0) is 4.74 Å². The summed E-state index contributed by atoms with van der Waals surface area (Å²) in [4.78, 5) is 38.6. The number of aromatic amines is 1. The van der Waals surface area contributed by atoms with Crippen molar-refractivity contribution in [2.45, 2.75) is 25.5 Å². The van der Waals surface area contributed by atoms with Gasteiger partial charge in [0.25, 0.3) is 5.91 Å². The van der Waals surface area contributed by atoms with Crippen LogP contribution in [0.4, 0.5) is 5.13 Å². The molecule has 0 aromatic carbocycles. The van der Waals surface area contributed by atoms with E-state index < -0.39 is 5.97 Å². The molecule has 0 unspecified atom stereocenters. The molecule has 35 heavy (non-hydrogen) atoms. The van der Waals surface area contributed by atoms with Gasteiger partial charge in [-0.2, -0.15) is 0 Å². The molecule has 13 heteroatoms. The maximum Gasteiger partial charge on any atom is 0.348 e. The first kappa shape index (κ1) is 25.2. The molecule has 186 valence electrons. The number of halogens is 2. The zero-order chi connectivity index (χ0) is 25.3. The third-order valence-corrected chi connectivity index (χ3v) is 7.77. The van der Waals surface area contributed by atoms with Crippen LogP contribution >= 0.6 is 34.5 Å². The quantitative estimate of drug-likeness (QED) is 0.412. The number of piperidine rings is 1. The summed E-state index contributed by atoms with van der Waals surface area (Å²) in [5.41, 5.74) is 1.49. The molecule has 0 radical (unpaired) electrons. The highest BCUT2D eigenvalue weighted by Gasteiger charge is 2.34. The Labute approximate surface area is 215 Å². The highest BCUT2D eigenvalue weighted by molar-refractivity contribution is 7.17. The second-order valence-corrected chi connectivity index (χ2v) is 9.62. The van der Waals surface area contributed by atoms with Crippen molar-refractivity contribution in [1.29, 1.82) is 0 Å². The summed E-state index contributed by atoms with van der Waals surface area (Å²) in [6.45, 7) is 2.66. The van der Waals surface area contributed by atoms with Gasteiger partial charge >= 0.3 is 5.97 Å². The number of carboxylic acids is 1. The van der Waals surface area contributed by atoms with E-state index >= 15 is 0 Å². The molecule has 3 aromatic heterocycles. The topological polar surface area (TPSA) is 130 Å². The predicted molar refractivity (Wildman–Crippen MR) is 133 cm³/mol. The van der Waals surface area contributed by atoms with E-state index in [-0.39, 0.29) is 39.3 Å². The number of pyridine rings is 1. The summed E-state index contributed by atoms with van der Waals surface area (Å²) >= 11 is 13.3. The number of nitrogens with one attached hydrogen (secondary N) is 2. The third-order valence-electron chi connectivity index (χ3n) is 5.72. The molecule has 0 saturated carbocycles. The number of hydrogen-bond acceptors (Lipinski definition) is 8. The van der Waals surface area contributed by atoms with Crippen LogP contribution < -0.4 is 15.0 Å². The van der Waals surface area contributed by atoms with Crippen molar-refractivity contribution in [3.8, 4) is 17.3 Å². The largest absolute Gasteiger partial charge is 0.481 e. The second kappa shape index (κ2) is 10.4. The lowest BCUT2D eigenvalue weighted by Crippen LogP contribution is -2.55. The van der Waals surface area contributed by atoms with Gasteiger partial charge in [-0.1, -0.05) is 40.6 Å². The fourth-order valence-corrected chi connectivity index (χ4v) is 5.25. The lowest BCUT2D eigenvalue weighted by atomic mass is 10.0. The molecule has 10 nitrogen and oxygen atoms in total. The molecule has 4 heterocycles. The molecular formula is C22H23Cl2N5O5S. The Morgan fingerprint density at radius 1 is 1.26 bits per heavy atom. The van der Waals surface area contributed by atoms with E-state index in [1.54, 1.807) is 32.2 Å².